The molecule has 150 valence electrons. The van der Waals surface area contributed by atoms with E-state index in [0.29, 0.717) is 17.8 Å². The Bertz CT molecular complexity index is 795. The molecule has 1 aromatic rings. The molecule has 2 amide bonds. The Hall–Kier alpha value is -1.75. The number of halogens is 1. The molecule has 1 aliphatic heterocycles. The molecule has 1 aromatic carbocycles. The first-order valence-electron chi connectivity index (χ1n) is 10.3. The molecule has 2 unspecified atom stereocenters. The zero-order chi connectivity index (χ0) is 19.7. The summed E-state index contributed by atoms with van der Waals surface area (Å²) in [5.74, 6) is 1.46. The molecule has 4 aliphatic carbocycles. The number of ether oxygens (including phenoxy) is 1. The maximum absolute atomic E-state index is 13.0. The van der Waals surface area contributed by atoms with Gasteiger partial charge in [0.25, 0.3) is 5.91 Å². The van der Waals surface area contributed by atoms with Crippen LogP contribution in [0.3, 0.4) is 0 Å². The summed E-state index contributed by atoms with van der Waals surface area (Å²) in [7, 11) is 0. The highest BCUT2D eigenvalue weighted by atomic mass is 35.5. The van der Waals surface area contributed by atoms with Crippen LogP contribution < -0.4 is 0 Å². The Balaban J connectivity index is 1.35. The molecule has 1 heterocycles. The molecule has 6 heteroatoms. The van der Waals surface area contributed by atoms with Gasteiger partial charge in [0.05, 0.1) is 6.04 Å². The van der Waals surface area contributed by atoms with Crippen molar-refractivity contribution in [2.75, 3.05) is 0 Å². The second kappa shape index (κ2) is 6.12. The van der Waals surface area contributed by atoms with E-state index in [9.17, 15) is 9.59 Å². The van der Waals surface area contributed by atoms with Crippen molar-refractivity contribution in [3.05, 3.63) is 35.9 Å². The number of hydrazine groups is 1. The Morgan fingerprint density at radius 1 is 1.14 bits per heavy atom. The summed E-state index contributed by atoms with van der Waals surface area (Å²) >= 11 is 6.86. The lowest BCUT2D eigenvalue weighted by atomic mass is 9.53. The molecular formula is C22H27ClN2O3. The van der Waals surface area contributed by atoms with E-state index in [0.717, 1.165) is 37.7 Å². The van der Waals surface area contributed by atoms with Gasteiger partial charge in [-0.05, 0) is 69.3 Å². The Kier molecular flexibility index (Phi) is 4.00. The van der Waals surface area contributed by atoms with E-state index in [2.05, 4.69) is 0 Å². The van der Waals surface area contributed by atoms with Gasteiger partial charge < -0.3 is 4.74 Å². The SMILES string of the molecule is CC1(C)C(=O)N(C2C3CC4CC2CC(Cl)(C4)C3)N1C(=O)OCc1ccccc1. The zero-order valence-corrected chi connectivity index (χ0v) is 17.2. The van der Waals surface area contributed by atoms with Gasteiger partial charge in [-0.25, -0.2) is 14.8 Å². The van der Waals surface area contributed by atoms with Gasteiger partial charge in [-0.3, -0.25) is 4.79 Å². The van der Waals surface area contributed by atoms with Crippen LogP contribution in [0.1, 0.15) is 51.5 Å². The highest BCUT2D eigenvalue weighted by Crippen LogP contribution is 2.60. The number of alkyl halides is 1. The third-order valence-corrected chi connectivity index (χ3v) is 7.75. The molecule has 5 nitrogen and oxygen atoms in total. The molecule has 0 aromatic heterocycles. The van der Waals surface area contributed by atoms with Gasteiger partial charge in [0.15, 0.2) is 0 Å². The molecule has 6 rings (SSSR count). The molecule has 5 aliphatic rings. The highest BCUT2D eigenvalue weighted by Gasteiger charge is 2.65. The van der Waals surface area contributed by atoms with Gasteiger partial charge in [-0.1, -0.05) is 30.3 Å². The molecule has 5 fully saturated rings. The fraction of sp³-hybridized carbons (Fsp3) is 0.636. The quantitative estimate of drug-likeness (QED) is 0.706. The minimum atomic E-state index is -0.860. The van der Waals surface area contributed by atoms with Crippen LogP contribution in [0.5, 0.6) is 0 Å². The van der Waals surface area contributed by atoms with Crippen LogP contribution in [-0.2, 0) is 16.1 Å². The molecule has 4 bridgehead atoms. The molecule has 1 saturated heterocycles. The van der Waals surface area contributed by atoms with E-state index in [4.69, 9.17) is 16.3 Å². The molecular weight excluding hydrogens is 376 g/mol. The third-order valence-electron chi connectivity index (χ3n) is 7.29. The predicted molar refractivity (Wildman–Crippen MR) is 105 cm³/mol. The Morgan fingerprint density at radius 3 is 2.39 bits per heavy atom. The van der Waals surface area contributed by atoms with Crippen molar-refractivity contribution >= 4 is 23.6 Å². The molecule has 0 radical (unpaired) electrons. The Morgan fingerprint density at radius 2 is 1.79 bits per heavy atom. The lowest BCUT2D eigenvalue weighted by Crippen LogP contribution is -2.81. The Labute approximate surface area is 170 Å². The summed E-state index contributed by atoms with van der Waals surface area (Å²) in [6.45, 7) is 3.81. The number of rotatable bonds is 3. The van der Waals surface area contributed by atoms with Crippen molar-refractivity contribution in [1.82, 2.24) is 10.0 Å². The van der Waals surface area contributed by atoms with Gasteiger partial charge in [0.2, 0.25) is 0 Å². The number of carbonyl (C=O) groups excluding carboxylic acids is 2. The first-order valence-corrected chi connectivity index (χ1v) is 10.7. The summed E-state index contributed by atoms with van der Waals surface area (Å²) in [5.41, 5.74) is 0.0759. The monoisotopic (exact) mass is 402 g/mol. The van der Waals surface area contributed by atoms with Crippen LogP contribution >= 0.6 is 11.6 Å². The van der Waals surface area contributed by atoms with E-state index in [1.54, 1.807) is 23.9 Å². The summed E-state index contributed by atoms with van der Waals surface area (Å²) < 4.78 is 5.58. The van der Waals surface area contributed by atoms with Crippen LogP contribution in [0.25, 0.3) is 0 Å². The lowest BCUT2D eigenvalue weighted by Gasteiger charge is -2.65. The normalized spacial score (nSPS) is 37.8. The van der Waals surface area contributed by atoms with Crippen molar-refractivity contribution in [1.29, 1.82) is 0 Å². The minimum Gasteiger partial charge on any atom is -0.443 e. The molecule has 0 spiro atoms. The number of benzene rings is 1. The number of carbonyl (C=O) groups is 2. The van der Waals surface area contributed by atoms with Crippen LogP contribution in [0, 0.1) is 17.8 Å². The molecule has 2 atom stereocenters. The molecule has 28 heavy (non-hydrogen) atoms. The minimum absolute atomic E-state index is 0.0188. The fourth-order valence-corrected chi connectivity index (χ4v) is 6.96. The smallest absolute Gasteiger partial charge is 0.430 e. The van der Waals surface area contributed by atoms with Gasteiger partial charge in [0, 0.05) is 4.87 Å². The summed E-state index contributed by atoms with van der Waals surface area (Å²) in [4.78, 5) is 25.9. The van der Waals surface area contributed by atoms with Gasteiger partial charge >= 0.3 is 6.09 Å². The van der Waals surface area contributed by atoms with E-state index < -0.39 is 11.6 Å². The maximum atomic E-state index is 13.0. The zero-order valence-electron chi connectivity index (χ0n) is 16.4. The summed E-state index contributed by atoms with van der Waals surface area (Å²) in [5, 5.41) is 3.28. The highest BCUT2D eigenvalue weighted by molar-refractivity contribution is 6.24. The van der Waals surface area contributed by atoms with Gasteiger partial charge in [-0.15, -0.1) is 11.6 Å². The van der Waals surface area contributed by atoms with Crippen molar-refractivity contribution in [3.63, 3.8) is 0 Å². The van der Waals surface area contributed by atoms with E-state index in [-0.39, 0.29) is 23.4 Å². The van der Waals surface area contributed by atoms with Crippen LogP contribution in [0.15, 0.2) is 30.3 Å². The molecule has 4 saturated carbocycles. The summed E-state index contributed by atoms with van der Waals surface area (Å²) in [6, 6.07) is 9.70. The molecule has 0 N–H and O–H groups in total. The maximum Gasteiger partial charge on any atom is 0.430 e. The standard InChI is InChI=1S/C22H27ClN2O3/c1-21(2)19(26)24(25(21)20(27)28-13-14-6-4-3-5-7-14)18-16-8-15-9-17(18)12-22(23,10-15)11-16/h3-7,15-18H,8-13H2,1-2H3. The second-order valence-corrected chi connectivity index (χ2v) is 10.5. The van der Waals surface area contributed by atoms with E-state index >= 15 is 0 Å². The number of hydrogen-bond donors (Lipinski definition) is 0. The summed E-state index contributed by atoms with van der Waals surface area (Å²) in [6.07, 6.45) is 4.80. The van der Waals surface area contributed by atoms with Crippen LogP contribution in [0.4, 0.5) is 4.79 Å². The van der Waals surface area contributed by atoms with E-state index in [1.165, 1.54) is 0 Å². The second-order valence-electron chi connectivity index (χ2n) is 9.67. The van der Waals surface area contributed by atoms with Crippen molar-refractivity contribution in [3.8, 4) is 0 Å². The van der Waals surface area contributed by atoms with Gasteiger partial charge in [-0.2, -0.15) is 0 Å². The topological polar surface area (TPSA) is 49.9 Å². The van der Waals surface area contributed by atoms with Crippen LogP contribution in [0.2, 0.25) is 0 Å². The predicted octanol–water partition coefficient (Wildman–Crippen LogP) is 4.35. The number of amides is 2. The van der Waals surface area contributed by atoms with Crippen molar-refractivity contribution < 1.29 is 14.3 Å². The average Bonchev–Trinajstić information content (AvgIpc) is 2.64. The average molecular weight is 403 g/mol. The first kappa shape index (κ1) is 18.3. The van der Waals surface area contributed by atoms with Gasteiger partial charge in [0.1, 0.15) is 12.1 Å². The van der Waals surface area contributed by atoms with Crippen molar-refractivity contribution in [2.45, 2.75) is 69.0 Å². The van der Waals surface area contributed by atoms with Crippen LogP contribution in [-0.4, -0.2) is 38.5 Å². The number of nitrogens with zero attached hydrogens (tertiary/aromatic N) is 2. The fourth-order valence-electron chi connectivity index (χ4n) is 6.35. The largest absolute Gasteiger partial charge is 0.443 e. The lowest BCUT2D eigenvalue weighted by molar-refractivity contribution is -0.234. The van der Waals surface area contributed by atoms with E-state index in [1.807, 2.05) is 30.3 Å². The third kappa shape index (κ3) is 2.66. The van der Waals surface area contributed by atoms with Crippen molar-refractivity contribution in [2.24, 2.45) is 17.8 Å². The first-order chi connectivity index (χ1) is 13.3. The number of hydrogen-bond acceptors (Lipinski definition) is 3.